The van der Waals surface area contributed by atoms with Crippen LogP contribution in [0, 0.1) is 0 Å². The van der Waals surface area contributed by atoms with Crippen molar-refractivity contribution in [2.45, 2.75) is 58.4 Å². The molecule has 0 fully saturated rings. The van der Waals surface area contributed by atoms with Crippen LogP contribution in [0.15, 0.2) is 52.4 Å². The van der Waals surface area contributed by atoms with E-state index in [9.17, 15) is 18.0 Å². The Hall–Kier alpha value is -2.82. The number of hydrogen-bond acceptors (Lipinski definition) is 6. The van der Waals surface area contributed by atoms with Crippen molar-refractivity contribution in [1.29, 1.82) is 0 Å². The van der Waals surface area contributed by atoms with Gasteiger partial charge < -0.3 is 9.30 Å². The van der Waals surface area contributed by atoms with E-state index in [-0.39, 0.29) is 23.6 Å². The topological polar surface area (TPSA) is 98.0 Å². The highest BCUT2D eigenvalue weighted by Crippen LogP contribution is 2.21. The largest absolute Gasteiger partial charge is 0.465 e. The minimum Gasteiger partial charge on any atom is -0.465 e. The van der Waals surface area contributed by atoms with E-state index in [0.717, 1.165) is 35.0 Å². The molecule has 0 N–H and O–H groups in total. The first kappa shape index (κ1) is 27.8. The average molecular weight is 532 g/mol. The lowest BCUT2D eigenvalue weighted by Gasteiger charge is -2.21. The number of amides is 1. The summed E-state index contributed by atoms with van der Waals surface area (Å²) < 4.78 is 35.2. The van der Waals surface area contributed by atoms with Gasteiger partial charge in [0.05, 0.1) is 21.7 Å². The molecule has 0 aliphatic carbocycles. The highest BCUT2D eigenvalue weighted by Gasteiger charge is 2.23. The molecule has 3 rings (SSSR count). The van der Waals surface area contributed by atoms with Gasteiger partial charge >= 0.3 is 5.97 Å². The van der Waals surface area contributed by atoms with E-state index >= 15 is 0 Å². The van der Waals surface area contributed by atoms with Crippen molar-refractivity contribution in [1.82, 2.24) is 8.87 Å². The first-order valence-electron chi connectivity index (χ1n) is 12.2. The number of ether oxygens (including phenoxy) is 1. The second-order valence-corrected chi connectivity index (χ2v) is 11.2. The molecule has 0 saturated carbocycles. The zero-order valence-corrected chi connectivity index (χ0v) is 22.8. The summed E-state index contributed by atoms with van der Waals surface area (Å²) in [6, 6.07) is 11.8. The predicted molar refractivity (Wildman–Crippen MR) is 142 cm³/mol. The molecule has 194 valence electrons. The lowest BCUT2D eigenvalue weighted by Crippen LogP contribution is -2.32. The van der Waals surface area contributed by atoms with Crippen molar-refractivity contribution in [2.24, 2.45) is 4.99 Å². The first-order chi connectivity index (χ1) is 17.2. The van der Waals surface area contributed by atoms with Crippen LogP contribution in [0.2, 0.25) is 0 Å². The lowest BCUT2D eigenvalue weighted by molar-refractivity contribution is -0.143. The number of thiazole rings is 1. The van der Waals surface area contributed by atoms with Crippen LogP contribution in [0.4, 0.5) is 0 Å². The van der Waals surface area contributed by atoms with Crippen molar-refractivity contribution in [2.75, 3.05) is 19.7 Å². The Labute approximate surface area is 216 Å². The second kappa shape index (κ2) is 12.4. The maximum absolute atomic E-state index is 13.0. The van der Waals surface area contributed by atoms with Crippen LogP contribution in [0.3, 0.4) is 0 Å². The smallest absolute Gasteiger partial charge is 0.326 e. The number of sulfonamides is 1. The molecule has 8 nitrogen and oxygen atoms in total. The van der Waals surface area contributed by atoms with E-state index < -0.39 is 21.9 Å². The lowest BCUT2D eigenvalue weighted by atomic mass is 10.2. The third-order valence-electron chi connectivity index (χ3n) is 5.63. The van der Waals surface area contributed by atoms with Gasteiger partial charge in [-0.05, 0) is 68.1 Å². The molecule has 1 heterocycles. The number of fused-ring (bicyclic) bond motifs is 1. The number of benzene rings is 2. The molecule has 10 heteroatoms. The van der Waals surface area contributed by atoms with Crippen LogP contribution >= 0.6 is 11.3 Å². The van der Waals surface area contributed by atoms with Crippen LogP contribution in [0.5, 0.6) is 0 Å². The molecule has 3 aromatic rings. The summed E-state index contributed by atoms with van der Waals surface area (Å²) in [4.78, 5) is 30.1. The summed E-state index contributed by atoms with van der Waals surface area (Å²) in [7, 11) is -3.64. The fraction of sp³-hybridized carbons (Fsp3) is 0.423. The predicted octanol–water partition coefficient (Wildman–Crippen LogP) is 4.38. The third-order valence-corrected chi connectivity index (χ3v) is 8.58. The van der Waals surface area contributed by atoms with Crippen molar-refractivity contribution in [3.05, 3.63) is 58.4 Å². The van der Waals surface area contributed by atoms with Crippen molar-refractivity contribution in [3.8, 4) is 0 Å². The molecular formula is C26H33N3O5S2. The van der Waals surface area contributed by atoms with Crippen molar-refractivity contribution >= 4 is 43.5 Å². The van der Waals surface area contributed by atoms with Gasteiger partial charge in [0.1, 0.15) is 6.54 Å². The molecule has 1 amide bonds. The molecule has 0 radical (unpaired) electrons. The molecule has 0 aliphatic rings. The zero-order chi connectivity index (χ0) is 26.3. The Bertz CT molecular complexity index is 1380. The molecule has 0 saturated heterocycles. The summed E-state index contributed by atoms with van der Waals surface area (Å²) in [6.45, 7) is 8.76. The number of carbonyl (C=O) groups excluding carboxylic acids is 2. The standard InChI is InChI=1S/C26H33N3O5S2/c1-5-15-28(16-6-2)36(32,33)21-12-10-20(11-13-21)25(31)27-26-29(18-24(30)34-8-4)22-14-9-19(7-3)17-23(22)35-26/h9-14,17H,5-8,15-16,18H2,1-4H3. The first-order valence-corrected chi connectivity index (χ1v) is 14.5. The number of rotatable bonds is 11. The quantitative estimate of drug-likeness (QED) is 0.342. The van der Waals surface area contributed by atoms with Crippen LogP contribution < -0.4 is 4.80 Å². The van der Waals surface area contributed by atoms with E-state index in [1.165, 1.54) is 39.9 Å². The molecule has 0 bridgehead atoms. The highest BCUT2D eigenvalue weighted by molar-refractivity contribution is 7.89. The van der Waals surface area contributed by atoms with E-state index in [1.54, 1.807) is 11.5 Å². The number of aryl methyl sites for hydroxylation is 1. The van der Waals surface area contributed by atoms with Gasteiger partial charge in [0.15, 0.2) is 4.80 Å². The Balaban J connectivity index is 1.98. The van der Waals surface area contributed by atoms with Gasteiger partial charge in [-0.15, -0.1) is 0 Å². The van der Waals surface area contributed by atoms with Gasteiger partial charge in [0.2, 0.25) is 10.0 Å². The molecule has 36 heavy (non-hydrogen) atoms. The minimum atomic E-state index is -3.64. The van der Waals surface area contributed by atoms with E-state index in [2.05, 4.69) is 11.9 Å². The van der Waals surface area contributed by atoms with Crippen LogP contribution in [0.1, 0.15) is 56.5 Å². The number of esters is 1. The maximum Gasteiger partial charge on any atom is 0.326 e. The summed E-state index contributed by atoms with van der Waals surface area (Å²) in [5, 5.41) is 0. The van der Waals surface area contributed by atoms with Gasteiger partial charge in [0.25, 0.3) is 5.91 Å². The zero-order valence-electron chi connectivity index (χ0n) is 21.2. The van der Waals surface area contributed by atoms with E-state index in [4.69, 9.17) is 4.74 Å². The maximum atomic E-state index is 13.0. The molecule has 0 spiro atoms. The van der Waals surface area contributed by atoms with Crippen LogP contribution in [0.25, 0.3) is 10.2 Å². The van der Waals surface area contributed by atoms with E-state index in [1.807, 2.05) is 32.0 Å². The fourth-order valence-electron chi connectivity index (χ4n) is 3.83. The molecule has 2 aromatic carbocycles. The fourth-order valence-corrected chi connectivity index (χ4v) is 6.55. The average Bonchev–Trinajstić information content (AvgIpc) is 3.19. The normalized spacial score (nSPS) is 12.4. The SMILES string of the molecule is CCCN(CCC)S(=O)(=O)c1ccc(C(=O)N=c2sc3cc(CC)ccc3n2CC(=O)OCC)cc1. The Kier molecular flexibility index (Phi) is 9.58. The Morgan fingerprint density at radius 1 is 1.00 bits per heavy atom. The van der Waals surface area contributed by atoms with Crippen LogP contribution in [-0.2, 0) is 32.5 Å². The molecule has 1 aromatic heterocycles. The number of carbonyl (C=O) groups is 2. The Morgan fingerprint density at radius 3 is 2.25 bits per heavy atom. The molecule has 0 unspecified atom stereocenters. The minimum absolute atomic E-state index is 0.0622. The molecule has 0 aliphatic heterocycles. The number of nitrogens with zero attached hydrogens (tertiary/aromatic N) is 3. The van der Waals surface area contributed by atoms with Crippen molar-refractivity contribution in [3.63, 3.8) is 0 Å². The van der Waals surface area contributed by atoms with Gasteiger partial charge in [-0.1, -0.05) is 38.2 Å². The Morgan fingerprint density at radius 2 is 1.67 bits per heavy atom. The van der Waals surface area contributed by atoms with Crippen LogP contribution in [-0.4, -0.2) is 48.9 Å². The van der Waals surface area contributed by atoms with Gasteiger partial charge in [-0.3, -0.25) is 9.59 Å². The summed E-state index contributed by atoms with van der Waals surface area (Å²) in [5.41, 5.74) is 2.20. The third kappa shape index (κ3) is 6.29. The monoisotopic (exact) mass is 531 g/mol. The van der Waals surface area contributed by atoms with Gasteiger partial charge in [-0.25, -0.2) is 8.42 Å². The number of hydrogen-bond donors (Lipinski definition) is 0. The van der Waals surface area contributed by atoms with Gasteiger partial charge in [-0.2, -0.15) is 9.30 Å². The molecule has 0 atom stereocenters. The summed E-state index contributed by atoms with van der Waals surface area (Å²) in [6.07, 6.45) is 2.30. The summed E-state index contributed by atoms with van der Waals surface area (Å²) >= 11 is 1.32. The van der Waals surface area contributed by atoms with Crippen molar-refractivity contribution < 1.29 is 22.7 Å². The molecular weight excluding hydrogens is 498 g/mol. The van der Waals surface area contributed by atoms with E-state index in [0.29, 0.717) is 17.9 Å². The number of aromatic nitrogens is 1. The second-order valence-electron chi connectivity index (χ2n) is 8.28. The summed E-state index contributed by atoms with van der Waals surface area (Å²) in [5.74, 6) is -0.929. The highest BCUT2D eigenvalue weighted by atomic mass is 32.2. The van der Waals surface area contributed by atoms with Gasteiger partial charge in [0, 0.05) is 18.7 Å².